The lowest BCUT2D eigenvalue weighted by Crippen LogP contribution is -2.18. The number of fused-ring (bicyclic) bond motifs is 1. The van der Waals surface area contributed by atoms with Crippen LogP contribution in [0.4, 0.5) is 4.39 Å². The molecular formula is C25H18FN3O3. The molecule has 2 heterocycles. The van der Waals surface area contributed by atoms with Gasteiger partial charge in [0.05, 0.1) is 17.9 Å². The molecule has 0 aliphatic carbocycles. The van der Waals surface area contributed by atoms with Crippen LogP contribution in [0, 0.1) is 5.82 Å². The molecule has 6 nitrogen and oxygen atoms in total. The summed E-state index contributed by atoms with van der Waals surface area (Å²) >= 11 is 0. The molecule has 32 heavy (non-hydrogen) atoms. The highest BCUT2D eigenvalue weighted by Gasteiger charge is 2.17. The fraction of sp³-hybridized carbons (Fsp3) is 0.0800. The van der Waals surface area contributed by atoms with E-state index in [2.05, 4.69) is 10.1 Å². The van der Waals surface area contributed by atoms with Gasteiger partial charge in [-0.1, -0.05) is 29.4 Å². The van der Waals surface area contributed by atoms with Crippen molar-refractivity contribution in [1.82, 2.24) is 14.7 Å². The van der Waals surface area contributed by atoms with Gasteiger partial charge in [0.25, 0.3) is 11.4 Å². The summed E-state index contributed by atoms with van der Waals surface area (Å²) in [4.78, 5) is 17.6. The van der Waals surface area contributed by atoms with Crippen LogP contribution >= 0.6 is 0 Å². The van der Waals surface area contributed by atoms with E-state index >= 15 is 0 Å². The second kappa shape index (κ2) is 8.11. The van der Waals surface area contributed by atoms with Gasteiger partial charge >= 0.3 is 0 Å². The Labute approximate surface area is 182 Å². The maximum atomic E-state index is 13.8. The Morgan fingerprint density at radius 1 is 1.00 bits per heavy atom. The van der Waals surface area contributed by atoms with Crippen LogP contribution < -0.4 is 10.3 Å². The van der Waals surface area contributed by atoms with Crippen LogP contribution in [-0.4, -0.2) is 21.3 Å². The highest BCUT2D eigenvalue weighted by atomic mass is 19.1. The average molecular weight is 427 g/mol. The van der Waals surface area contributed by atoms with Crippen molar-refractivity contribution in [3.05, 3.63) is 95.2 Å². The number of aromatic nitrogens is 3. The Bertz CT molecular complexity index is 1470. The number of rotatable bonds is 5. The van der Waals surface area contributed by atoms with E-state index in [0.717, 1.165) is 11.3 Å². The molecule has 0 fully saturated rings. The van der Waals surface area contributed by atoms with Gasteiger partial charge in [-0.2, -0.15) is 4.98 Å². The highest BCUT2D eigenvalue weighted by molar-refractivity contribution is 5.94. The zero-order valence-corrected chi connectivity index (χ0v) is 17.2. The molecule has 0 atom stereocenters. The first-order valence-electron chi connectivity index (χ1n) is 10.1. The molecule has 0 saturated heterocycles. The number of nitrogens with zero attached hydrogens (tertiary/aromatic N) is 3. The van der Waals surface area contributed by atoms with E-state index in [0.29, 0.717) is 34.5 Å². The monoisotopic (exact) mass is 427 g/mol. The lowest BCUT2D eigenvalue weighted by Gasteiger charge is -2.10. The first-order valence-corrected chi connectivity index (χ1v) is 10.1. The van der Waals surface area contributed by atoms with Gasteiger partial charge in [0.15, 0.2) is 0 Å². The Morgan fingerprint density at radius 2 is 1.78 bits per heavy atom. The van der Waals surface area contributed by atoms with Gasteiger partial charge < -0.3 is 9.26 Å². The number of hydrogen-bond acceptors (Lipinski definition) is 5. The molecule has 3 aromatic carbocycles. The second-order valence-electron chi connectivity index (χ2n) is 7.12. The van der Waals surface area contributed by atoms with E-state index in [-0.39, 0.29) is 11.4 Å². The molecule has 0 radical (unpaired) electrons. The zero-order chi connectivity index (χ0) is 22.1. The van der Waals surface area contributed by atoms with E-state index in [4.69, 9.17) is 9.26 Å². The SMILES string of the molecule is CCOc1ccc(-c2noc(-c3cn(-c4cccc(F)c4)c(=O)c4ccccc34)n2)cc1. The molecule has 0 bridgehead atoms. The molecule has 7 heteroatoms. The molecule has 0 unspecified atom stereocenters. The topological polar surface area (TPSA) is 70.2 Å². The number of pyridine rings is 1. The minimum absolute atomic E-state index is 0.259. The van der Waals surface area contributed by atoms with Crippen molar-refractivity contribution in [2.45, 2.75) is 6.92 Å². The van der Waals surface area contributed by atoms with Crippen LogP contribution in [0.5, 0.6) is 5.75 Å². The third-order valence-corrected chi connectivity index (χ3v) is 5.09. The molecule has 2 aromatic heterocycles. The fourth-order valence-corrected chi connectivity index (χ4v) is 3.60. The predicted molar refractivity (Wildman–Crippen MR) is 119 cm³/mol. The molecule has 0 aliphatic heterocycles. The summed E-state index contributed by atoms with van der Waals surface area (Å²) in [6.07, 6.45) is 1.61. The van der Waals surface area contributed by atoms with Crippen LogP contribution in [0.25, 0.3) is 39.3 Å². The minimum atomic E-state index is -0.431. The molecule has 0 aliphatic rings. The van der Waals surface area contributed by atoms with Crippen molar-refractivity contribution in [2.75, 3.05) is 6.61 Å². The van der Waals surface area contributed by atoms with Gasteiger partial charge in [0.1, 0.15) is 11.6 Å². The van der Waals surface area contributed by atoms with Gasteiger partial charge in [-0.25, -0.2) is 4.39 Å². The largest absolute Gasteiger partial charge is 0.494 e. The zero-order valence-electron chi connectivity index (χ0n) is 17.2. The Morgan fingerprint density at radius 3 is 2.53 bits per heavy atom. The van der Waals surface area contributed by atoms with Crippen molar-refractivity contribution in [1.29, 1.82) is 0 Å². The van der Waals surface area contributed by atoms with Crippen LogP contribution in [0.15, 0.2) is 88.3 Å². The Hall–Kier alpha value is -4.26. The quantitative estimate of drug-likeness (QED) is 0.383. The van der Waals surface area contributed by atoms with Crippen LogP contribution in [0.3, 0.4) is 0 Å². The van der Waals surface area contributed by atoms with Gasteiger partial charge in [0.2, 0.25) is 5.82 Å². The number of ether oxygens (including phenoxy) is 1. The average Bonchev–Trinajstić information content (AvgIpc) is 3.30. The normalized spacial score (nSPS) is 11.1. The van der Waals surface area contributed by atoms with Crippen molar-refractivity contribution in [3.63, 3.8) is 0 Å². The summed E-state index contributed by atoms with van der Waals surface area (Å²) in [5.41, 5.74) is 1.50. The molecule has 158 valence electrons. The fourth-order valence-electron chi connectivity index (χ4n) is 3.60. The number of halogens is 1. The van der Waals surface area contributed by atoms with Crippen LogP contribution in [-0.2, 0) is 0 Å². The lowest BCUT2D eigenvalue weighted by molar-refractivity contribution is 0.340. The third-order valence-electron chi connectivity index (χ3n) is 5.09. The molecule has 5 aromatic rings. The second-order valence-corrected chi connectivity index (χ2v) is 7.12. The first-order chi connectivity index (χ1) is 15.6. The molecule has 0 saturated carbocycles. The van der Waals surface area contributed by atoms with E-state index in [9.17, 15) is 9.18 Å². The number of benzene rings is 3. The van der Waals surface area contributed by atoms with Crippen LogP contribution in [0.2, 0.25) is 0 Å². The molecule has 0 N–H and O–H groups in total. The standard InChI is InChI=1S/C25H18FN3O3/c1-2-31-19-12-10-16(11-13-19)23-27-24(32-28-23)22-15-29(18-7-5-6-17(26)14-18)25(30)21-9-4-3-8-20(21)22/h3-15H,2H2,1H3. The van der Waals surface area contributed by atoms with E-state index in [1.54, 1.807) is 30.5 Å². The third kappa shape index (κ3) is 3.54. The summed E-state index contributed by atoms with van der Waals surface area (Å²) in [6.45, 7) is 2.51. The van der Waals surface area contributed by atoms with Crippen molar-refractivity contribution < 1.29 is 13.7 Å². The molecule has 5 rings (SSSR count). The van der Waals surface area contributed by atoms with E-state index in [1.807, 2.05) is 43.3 Å². The van der Waals surface area contributed by atoms with E-state index < -0.39 is 5.82 Å². The van der Waals surface area contributed by atoms with Gasteiger partial charge in [-0.05, 0) is 55.5 Å². The first kappa shape index (κ1) is 19.7. The molecule has 0 spiro atoms. The molecular weight excluding hydrogens is 409 g/mol. The minimum Gasteiger partial charge on any atom is -0.494 e. The van der Waals surface area contributed by atoms with Crippen molar-refractivity contribution in [3.8, 4) is 34.3 Å². The maximum Gasteiger partial charge on any atom is 0.262 e. The maximum absolute atomic E-state index is 13.8. The predicted octanol–water partition coefficient (Wildman–Crippen LogP) is 5.25. The summed E-state index contributed by atoms with van der Waals surface area (Å²) in [7, 11) is 0. The number of hydrogen-bond donors (Lipinski definition) is 0. The summed E-state index contributed by atoms with van der Waals surface area (Å²) in [5.74, 6) is 0.999. The van der Waals surface area contributed by atoms with Crippen molar-refractivity contribution >= 4 is 10.8 Å². The van der Waals surface area contributed by atoms with Crippen LogP contribution in [0.1, 0.15) is 6.92 Å². The summed E-state index contributed by atoms with van der Waals surface area (Å²) < 4.78 is 26.2. The summed E-state index contributed by atoms with van der Waals surface area (Å²) in [6, 6.07) is 20.4. The molecule has 0 amide bonds. The highest BCUT2D eigenvalue weighted by Crippen LogP contribution is 2.29. The van der Waals surface area contributed by atoms with Gasteiger partial charge in [-0.15, -0.1) is 0 Å². The van der Waals surface area contributed by atoms with Gasteiger partial charge in [0, 0.05) is 22.5 Å². The summed E-state index contributed by atoms with van der Waals surface area (Å²) in [5, 5.41) is 5.25. The Balaban J connectivity index is 1.65. The Kier molecular flexibility index (Phi) is 4.99. The van der Waals surface area contributed by atoms with Gasteiger partial charge in [-0.3, -0.25) is 9.36 Å². The smallest absolute Gasteiger partial charge is 0.262 e. The van der Waals surface area contributed by atoms with E-state index in [1.165, 1.54) is 16.7 Å². The van der Waals surface area contributed by atoms with Crippen molar-refractivity contribution in [2.24, 2.45) is 0 Å². The lowest BCUT2D eigenvalue weighted by atomic mass is 10.1.